The minimum atomic E-state index is -0.363. The van der Waals surface area contributed by atoms with Crippen LogP contribution in [0.3, 0.4) is 0 Å². The second kappa shape index (κ2) is 7.97. The second-order valence-corrected chi connectivity index (χ2v) is 11.9. The van der Waals surface area contributed by atoms with E-state index in [1.165, 1.54) is 4.88 Å². The van der Waals surface area contributed by atoms with E-state index in [0.29, 0.717) is 19.0 Å². The van der Waals surface area contributed by atoms with Gasteiger partial charge in [0.15, 0.2) is 0 Å². The first kappa shape index (κ1) is 21.9. The summed E-state index contributed by atoms with van der Waals surface area (Å²) in [6.07, 6.45) is 6.98. The minimum absolute atomic E-state index is 0.0217. The number of hydrogen-bond donors (Lipinski definition) is 1. The maximum absolute atomic E-state index is 13.1. The zero-order chi connectivity index (χ0) is 23.6. The van der Waals surface area contributed by atoms with E-state index in [4.69, 9.17) is 10.5 Å². The van der Waals surface area contributed by atoms with Crippen LogP contribution in [0.25, 0.3) is 11.1 Å². The molecule has 1 aliphatic heterocycles. The lowest BCUT2D eigenvalue weighted by Gasteiger charge is -2.58. The topological polar surface area (TPSA) is 94.6 Å². The third-order valence-electron chi connectivity index (χ3n) is 8.85. The van der Waals surface area contributed by atoms with Crippen molar-refractivity contribution in [1.29, 1.82) is 0 Å². The maximum Gasteiger partial charge on any atom is 0.410 e. The molecule has 0 spiro atoms. The summed E-state index contributed by atoms with van der Waals surface area (Å²) in [6.45, 7) is 1.35. The van der Waals surface area contributed by atoms with Gasteiger partial charge in [0.1, 0.15) is 6.10 Å². The Kier molecular flexibility index (Phi) is 5.13. The Morgan fingerprint density at radius 2 is 1.91 bits per heavy atom. The first-order valence-electron chi connectivity index (χ1n) is 12.3. The van der Waals surface area contributed by atoms with E-state index in [9.17, 15) is 14.4 Å². The van der Waals surface area contributed by atoms with E-state index in [1.807, 2.05) is 11.0 Å². The van der Waals surface area contributed by atoms with Crippen LogP contribution in [0, 0.1) is 23.2 Å². The minimum Gasteiger partial charge on any atom is -0.446 e. The SMILES string of the molecule is Cn1ccc(-c2csc(C3CCN(C(=O)OC4C5CC6CC4CC(C(N)=O)(C6)C5)C3)c2)cc1=O. The Balaban J connectivity index is 1.10. The Morgan fingerprint density at radius 3 is 2.62 bits per heavy atom. The largest absolute Gasteiger partial charge is 0.446 e. The third-order valence-corrected chi connectivity index (χ3v) is 9.95. The van der Waals surface area contributed by atoms with Crippen molar-refractivity contribution in [3.63, 3.8) is 0 Å². The van der Waals surface area contributed by atoms with Crippen LogP contribution in [-0.2, 0) is 16.6 Å². The van der Waals surface area contributed by atoms with Gasteiger partial charge in [0.2, 0.25) is 5.91 Å². The number of thiophene rings is 1. The van der Waals surface area contributed by atoms with Crippen LogP contribution in [0.1, 0.15) is 49.3 Å². The number of pyridine rings is 1. The van der Waals surface area contributed by atoms with Crippen molar-refractivity contribution in [3.8, 4) is 11.1 Å². The van der Waals surface area contributed by atoms with Crippen LogP contribution in [0.2, 0.25) is 0 Å². The molecule has 4 saturated carbocycles. The molecule has 3 heterocycles. The number of hydrogen-bond acceptors (Lipinski definition) is 5. The molecule has 7 nitrogen and oxygen atoms in total. The highest BCUT2D eigenvalue weighted by Gasteiger charge is 2.59. The van der Waals surface area contributed by atoms with Crippen LogP contribution in [0.5, 0.6) is 0 Å². The standard InChI is InChI=1S/C26H31N3O4S/c1-28-4-2-16(9-22(28)30)20-8-21(34-14-20)17-3-5-29(13-17)25(32)33-23-18-6-15-7-19(23)12-26(10-15,11-18)24(27)31/h2,4,8-9,14-15,17-19,23H,3,5-7,10-13H2,1H3,(H2,27,31). The average Bonchev–Trinajstić information content (AvgIpc) is 3.47. The zero-order valence-electron chi connectivity index (χ0n) is 19.4. The summed E-state index contributed by atoms with van der Waals surface area (Å²) < 4.78 is 7.68. The van der Waals surface area contributed by atoms with Crippen molar-refractivity contribution in [2.45, 2.75) is 50.5 Å². The molecular weight excluding hydrogens is 450 g/mol. The van der Waals surface area contributed by atoms with Gasteiger partial charge in [-0.1, -0.05) is 0 Å². The highest BCUT2D eigenvalue weighted by Crippen LogP contribution is 2.60. The molecule has 4 aliphatic carbocycles. The van der Waals surface area contributed by atoms with E-state index < -0.39 is 0 Å². The highest BCUT2D eigenvalue weighted by molar-refractivity contribution is 7.10. The Labute approximate surface area is 202 Å². The summed E-state index contributed by atoms with van der Waals surface area (Å²) in [5.74, 6) is 1.20. The number of likely N-dealkylation sites (tertiary alicyclic amines) is 1. The molecule has 5 fully saturated rings. The van der Waals surface area contributed by atoms with Gasteiger partial charge in [-0.25, -0.2) is 4.79 Å². The van der Waals surface area contributed by atoms with Gasteiger partial charge in [0.25, 0.3) is 5.56 Å². The summed E-state index contributed by atoms with van der Waals surface area (Å²) in [5.41, 5.74) is 7.38. The molecular formula is C26H31N3O4S. The van der Waals surface area contributed by atoms with Gasteiger partial charge in [-0.3, -0.25) is 9.59 Å². The van der Waals surface area contributed by atoms with Crippen LogP contribution < -0.4 is 11.3 Å². The fourth-order valence-electron chi connectivity index (χ4n) is 7.27. The van der Waals surface area contributed by atoms with Gasteiger partial charge in [-0.15, -0.1) is 11.3 Å². The smallest absolute Gasteiger partial charge is 0.410 e. The van der Waals surface area contributed by atoms with Crippen LogP contribution >= 0.6 is 11.3 Å². The molecule has 3 atom stereocenters. The number of rotatable bonds is 4. The van der Waals surface area contributed by atoms with Crippen molar-refractivity contribution < 1.29 is 14.3 Å². The molecule has 7 rings (SSSR count). The molecule has 3 unspecified atom stereocenters. The van der Waals surface area contributed by atoms with Crippen LogP contribution in [0.15, 0.2) is 34.6 Å². The molecule has 180 valence electrons. The second-order valence-electron chi connectivity index (χ2n) is 11.0. The molecule has 1 saturated heterocycles. The summed E-state index contributed by atoms with van der Waals surface area (Å²) in [7, 11) is 1.75. The first-order valence-corrected chi connectivity index (χ1v) is 13.2. The third kappa shape index (κ3) is 3.58. The van der Waals surface area contributed by atoms with Gasteiger partial charge >= 0.3 is 6.09 Å². The maximum atomic E-state index is 13.1. The van der Waals surface area contributed by atoms with Gasteiger partial charge in [-0.05, 0) is 84.9 Å². The first-order chi connectivity index (χ1) is 16.3. The molecule has 5 aliphatic rings. The van der Waals surface area contributed by atoms with Crippen molar-refractivity contribution in [1.82, 2.24) is 9.47 Å². The number of primary amides is 1. The van der Waals surface area contributed by atoms with Gasteiger partial charge in [0.05, 0.1) is 5.41 Å². The van der Waals surface area contributed by atoms with Crippen molar-refractivity contribution in [3.05, 3.63) is 45.0 Å². The van der Waals surface area contributed by atoms with Crippen molar-refractivity contribution in [2.24, 2.45) is 36.0 Å². The molecule has 34 heavy (non-hydrogen) atoms. The van der Waals surface area contributed by atoms with Crippen LogP contribution in [0.4, 0.5) is 4.79 Å². The Bertz CT molecular complexity index is 1190. The normalized spacial score (nSPS) is 33.9. The zero-order valence-corrected chi connectivity index (χ0v) is 20.3. The van der Waals surface area contributed by atoms with E-state index in [1.54, 1.807) is 35.2 Å². The lowest BCUT2D eigenvalue weighted by Crippen LogP contribution is -2.59. The Hall–Kier alpha value is -2.61. The molecule has 8 heteroatoms. The number of nitrogens with zero attached hydrogens (tertiary/aromatic N) is 2. The number of carbonyl (C=O) groups is 2. The fraction of sp³-hybridized carbons (Fsp3) is 0.577. The number of amides is 2. The summed E-state index contributed by atoms with van der Waals surface area (Å²) in [6, 6.07) is 5.77. The van der Waals surface area contributed by atoms with Gasteiger partial charge in [-0.2, -0.15) is 0 Å². The number of carbonyl (C=O) groups excluding carboxylic acids is 2. The molecule has 2 N–H and O–H groups in total. The molecule has 2 amide bonds. The monoisotopic (exact) mass is 481 g/mol. The molecule has 2 aromatic rings. The number of aryl methyl sites for hydroxylation is 1. The quantitative estimate of drug-likeness (QED) is 0.720. The van der Waals surface area contributed by atoms with E-state index in [2.05, 4.69) is 11.4 Å². The van der Waals surface area contributed by atoms with Gasteiger partial charge in [0, 0.05) is 43.2 Å². The molecule has 0 radical (unpaired) electrons. The summed E-state index contributed by atoms with van der Waals surface area (Å²) in [4.78, 5) is 40.3. The van der Waals surface area contributed by atoms with E-state index >= 15 is 0 Å². The molecule has 4 bridgehead atoms. The predicted octanol–water partition coefficient (Wildman–Crippen LogP) is 3.72. The number of nitrogens with two attached hydrogens (primary N) is 1. The lowest BCUT2D eigenvalue weighted by molar-refractivity contribution is -0.161. The highest BCUT2D eigenvalue weighted by atomic mass is 32.1. The summed E-state index contributed by atoms with van der Waals surface area (Å²) in [5, 5.41) is 2.09. The van der Waals surface area contributed by atoms with Gasteiger partial charge < -0.3 is 19.9 Å². The lowest BCUT2D eigenvalue weighted by atomic mass is 9.48. The fourth-order valence-corrected chi connectivity index (χ4v) is 8.31. The predicted molar refractivity (Wildman–Crippen MR) is 129 cm³/mol. The van der Waals surface area contributed by atoms with Crippen molar-refractivity contribution >= 4 is 23.3 Å². The summed E-state index contributed by atoms with van der Waals surface area (Å²) >= 11 is 1.69. The molecule has 2 aromatic heterocycles. The van der Waals surface area contributed by atoms with Crippen LogP contribution in [-0.4, -0.2) is 40.7 Å². The van der Waals surface area contributed by atoms with E-state index in [0.717, 1.165) is 49.7 Å². The molecule has 0 aromatic carbocycles. The average molecular weight is 482 g/mol. The van der Waals surface area contributed by atoms with E-state index in [-0.39, 0.29) is 46.8 Å². The number of ether oxygens (including phenoxy) is 1. The number of aromatic nitrogens is 1. The van der Waals surface area contributed by atoms with Crippen molar-refractivity contribution in [2.75, 3.05) is 13.1 Å². The Morgan fingerprint density at radius 1 is 1.15 bits per heavy atom.